The summed E-state index contributed by atoms with van der Waals surface area (Å²) in [6.07, 6.45) is 1.59. The first-order valence-corrected chi connectivity index (χ1v) is 11.7. The van der Waals surface area contributed by atoms with Crippen molar-refractivity contribution in [3.63, 3.8) is 0 Å². The lowest BCUT2D eigenvalue weighted by Gasteiger charge is -2.37. The number of nitrogens with one attached hydrogen (secondary N) is 2. The highest BCUT2D eigenvalue weighted by Crippen LogP contribution is 2.24. The first-order chi connectivity index (χ1) is 16.5. The Morgan fingerprint density at radius 1 is 1.08 bits per heavy atom. The number of halogens is 1. The van der Waals surface area contributed by atoms with Crippen LogP contribution in [0.4, 0.5) is 20.6 Å². The van der Waals surface area contributed by atoms with Crippen molar-refractivity contribution in [3.8, 4) is 0 Å². The van der Waals surface area contributed by atoms with Crippen molar-refractivity contribution in [3.05, 3.63) is 65.6 Å². The van der Waals surface area contributed by atoms with Gasteiger partial charge in [0.25, 0.3) is 0 Å². The molecule has 1 radical (unpaired) electrons. The van der Waals surface area contributed by atoms with Crippen molar-refractivity contribution in [2.45, 2.75) is 66.6 Å². The Morgan fingerprint density at radius 2 is 1.69 bits per heavy atom. The number of aryl methyl sites for hydroxylation is 1. The summed E-state index contributed by atoms with van der Waals surface area (Å²) in [6.45, 7) is 14.5. The molecule has 0 aliphatic rings. The van der Waals surface area contributed by atoms with E-state index in [-0.39, 0.29) is 16.9 Å². The maximum absolute atomic E-state index is 14.7. The van der Waals surface area contributed by atoms with Gasteiger partial charge in [-0.1, -0.05) is 50.0 Å². The molecule has 7 nitrogen and oxygen atoms in total. The maximum atomic E-state index is 14.7. The predicted molar refractivity (Wildman–Crippen MR) is 145 cm³/mol. The molecule has 0 aromatic heterocycles. The summed E-state index contributed by atoms with van der Waals surface area (Å²) in [5.74, 6) is -0.429. The van der Waals surface area contributed by atoms with Crippen LogP contribution in [-0.4, -0.2) is 35.7 Å². The molecule has 5 N–H and O–H groups in total. The van der Waals surface area contributed by atoms with E-state index in [1.54, 1.807) is 39.8 Å². The number of nitrogens with two attached hydrogens (primary N) is 1. The van der Waals surface area contributed by atoms with Gasteiger partial charge in [-0.3, -0.25) is 5.32 Å². The minimum absolute atomic E-state index is 0.0196. The van der Waals surface area contributed by atoms with Crippen molar-refractivity contribution >= 4 is 36.2 Å². The Bertz CT molecular complexity index is 1130. The highest BCUT2D eigenvalue weighted by molar-refractivity contribution is 6.47. The van der Waals surface area contributed by atoms with Crippen LogP contribution in [0.15, 0.2) is 59.2 Å². The Hall–Kier alpha value is -3.17. The average Bonchev–Trinajstić information content (AvgIpc) is 2.74. The van der Waals surface area contributed by atoms with Crippen LogP contribution in [0.1, 0.15) is 54.0 Å². The van der Waals surface area contributed by atoms with Crippen LogP contribution in [0.5, 0.6) is 0 Å². The Labute approximate surface area is 214 Å². The van der Waals surface area contributed by atoms with Crippen LogP contribution in [0.3, 0.4) is 0 Å². The third-order valence-electron chi connectivity index (χ3n) is 5.89. The number of amidine groups is 1. The van der Waals surface area contributed by atoms with Gasteiger partial charge < -0.3 is 20.8 Å². The molecule has 193 valence electrons. The topological polar surface area (TPSA) is 109 Å². The van der Waals surface area contributed by atoms with E-state index in [0.29, 0.717) is 16.8 Å². The van der Waals surface area contributed by atoms with Gasteiger partial charge >= 0.3 is 13.5 Å². The van der Waals surface area contributed by atoms with Crippen LogP contribution in [-0.2, 0) is 4.65 Å². The minimum atomic E-state index is -1.11. The van der Waals surface area contributed by atoms with E-state index in [1.807, 2.05) is 52.0 Å². The zero-order chi connectivity index (χ0) is 27.3. The third kappa shape index (κ3) is 8.50. The Balaban J connectivity index is 2.18. The maximum Gasteiger partial charge on any atom is 0.331 e. The number of nitrogens with zero attached hydrogens (tertiary/aromatic N) is 1. The van der Waals surface area contributed by atoms with E-state index in [9.17, 15) is 14.3 Å². The molecule has 2 amide bonds. The Morgan fingerprint density at radius 3 is 2.22 bits per heavy atom. The molecule has 9 heteroatoms. The normalized spacial score (nSPS) is 13.4. The number of hydrogen-bond donors (Lipinski definition) is 4. The second kappa shape index (κ2) is 11.3. The number of benzene rings is 2. The monoisotopic (exact) mass is 495 g/mol. The van der Waals surface area contributed by atoms with Gasteiger partial charge in [0.05, 0.1) is 22.6 Å². The summed E-state index contributed by atoms with van der Waals surface area (Å²) in [6, 6.07) is 11.1. The zero-order valence-electron chi connectivity index (χ0n) is 22.4. The number of aliphatic imine (C=N–C) groups is 1. The van der Waals surface area contributed by atoms with Gasteiger partial charge in [0, 0.05) is 17.2 Å². The lowest BCUT2D eigenvalue weighted by Crippen LogP contribution is -2.49. The molecule has 2 rings (SSSR count). The van der Waals surface area contributed by atoms with Crippen molar-refractivity contribution in [2.24, 2.45) is 16.1 Å². The zero-order valence-corrected chi connectivity index (χ0v) is 22.4. The van der Waals surface area contributed by atoms with Gasteiger partial charge in [0.1, 0.15) is 11.7 Å². The molecule has 2 aromatic rings. The lowest BCUT2D eigenvalue weighted by atomic mass is 9.82. The Kier molecular flexibility index (Phi) is 9.10. The first-order valence-electron chi connectivity index (χ1n) is 11.7. The van der Waals surface area contributed by atoms with Crippen LogP contribution in [0.2, 0.25) is 0 Å². The van der Waals surface area contributed by atoms with Crippen LogP contribution < -0.4 is 21.8 Å². The number of allylic oxidation sites excluding steroid dienone is 1. The average molecular weight is 495 g/mol. The molecule has 0 heterocycles. The fourth-order valence-electron chi connectivity index (χ4n) is 2.55. The fourth-order valence-corrected chi connectivity index (χ4v) is 2.55. The summed E-state index contributed by atoms with van der Waals surface area (Å²) in [7, 11) is 1.37. The molecular formula is C27H37BFN4O3. The van der Waals surface area contributed by atoms with Crippen molar-refractivity contribution in [1.29, 1.82) is 0 Å². The first kappa shape index (κ1) is 29.1. The molecule has 0 spiro atoms. The lowest BCUT2D eigenvalue weighted by molar-refractivity contribution is -0.0893. The van der Waals surface area contributed by atoms with Gasteiger partial charge in [-0.15, -0.1) is 0 Å². The molecule has 0 saturated carbocycles. The summed E-state index contributed by atoms with van der Waals surface area (Å²) in [5.41, 5.74) is 6.52. The molecule has 0 saturated heterocycles. The van der Waals surface area contributed by atoms with E-state index in [4.69, 9.17) is 10.4 Å². The molecule has 0 unspecified atom stereocenters. The second-order valence-electron chi connectivity index (χ2n) is 10.8. The molecule has 2 aromatic carbocycles. The molecule has 36 heavy (non-hydrogen) atoms. The van der Waals surface area contributed by atoms with Crippen LogP contribution >= 0.6 is 0 Å². The standard InChI is InChI=1S/C27H37BFN4O3/c1-17-9-12-19(13-10-17)31-23(16-22(30)25(2,3)4)33-24(34)32-21-14-11-18(15-20(21)29)28-36-27(7,8)26(5,6)35/h9-16,35H,30H2,1-8H3,(H2,31,32,33,34). The van der Waals surface area contributed by atoms with E-state index in [1.165, 1.54) is 19.6 Å². The van der Waals surface area contributed by atoms with Crippen molar-refractivity contribution in [1.82, 2.24) is 5.32 Å². The molecular weight excluding hydrogens is 458 g/mol. The highest BCUT2D eigenvalue weighted by Gasteiger charge is 2.35. The van der Waals surface area contributed by atoms with E-state index < -0.39 is 23.1 Å². The van der Waals surface area contributed by atoms with Crippen LogP contribution in [0, 0.1) is 18.2 Å². The SMILES string of the molecule is Cc1ccc(N=C(C=C(N)C(C)(C)C)NC(=O)Nc2ccc([B]OC(C)(C)C(C)(C)O)cc2F)cc1. The molecule has 0 aliphatic carbocycles. The number of hydrogen-bond acceptors (Lipinski definition) is 5. The quantitative estimate of drug-likeness (QED) is 0.254. The number of aliphatic hydroxyl groups is 1. The van der Waals surface area contributed by atoms with E-state index in [0.717, 1.165) is 5.56 Å². The van der Waals surface area contributed by atoms with E-state index >= 15 is 0 Å². The smallest absolute Gasteiger partial charge is 0.331 e. The van der Waals surface area contributed by atoms with E-state index in [2.05, 4.69) is 15.6 Å². The number of anilines is 1. The number of carbonyl (C=O) groups is 1. The molecule has 0 atom stereocenters. The number of urea groups is 1. The highest BCUT2D eigenvalue weighted by atomic mass is 19.1. The number of carbonyl (C=O) groups excluding carboxylic acids is 1. The van der Waals surface area contributed by atoms with Gasteiger partial charge in [-0.25, -0.2) is 14.2 Å². The molecule has 0 aliphatic heterocycles. The number of rotatable bonds is 7. The second-order valence-corrected chi connectivity index (χ2v) is 10.8. The number of amides is 2. The van der Waals surface area contributed by atoms with Crippen LogP contribution in [0.25, 0.3) is 0 Å². The van der Waals surface area contributed by atoms with Crippen molar-refractivity contribution < 1.29 is 18.9 Å². The summed E-state index contributed by atoms with van der Waals surface area (Å²) in [4.78, 5) is 17.2. The summed E-state index contributed by atoms with van der Waals surface area (Å²) >= 11 is 0. The third-order valence-corrected chi connectivity index (χ3v) is 5.89. The predicted octanol–water partition coefficient (Wildman–Crippen LogP) is 4.69. The molecule has 0 fully saturated rings. The summed E-state index contributed by atoms with van der Waals surface area (Å²) < 4.78 is 20.4. The van der Waals surface area contributed by atoms with Gasteiger partial charge in [-0.05, 0) is 58.9 Å². The fraction of sp³-hybridized carbons (Fsp3) is 0.407. The minimum Gasteiger partial charge on any atom is -0.427 e. The van der Waals surface area contributed by atoms with Gasteiger partial charge in [-0.2, -0.15) is 0 Å². The van der Waals surface area contributed by atoms with Gasteiger partial charge in [0.2, 0.25) is 0 Å². The van der Waals surface area contributed by atoms with Gasteiger partial charge in [0.15, 0.2) is 0 Å². The van der Waals surface area contributed by atoms with Crippen molar-refractivity contribution in [2.75, 3.05) is 5.32 Å². The largest absolute Gasteiger partial charge is 0.427 e. The summed E-state index contributed by atoms with van der Waals surface area (Å²) in [5, 5.41) is 15.4. The molecule has 0 bridgehead atoms.